The van der Waals surface area contributed by atoms with Gasteiger partial charge in [0.15, 0.2) is 0 Å². The molecule has 17 heavy (non-hydrogen) atoms. The van der Waals surface area contributed by atoms with E-state index in [4.69, 9.17) is 5.26 Å². The van der Waals surface area contributed by atoms with Gasteiger partial charge in [-0.3, -0.25) is 0 Å². The molecule has 0 fully saturated rings. The van der Waals surface area contributed by atoms with Gasteiger partial charge in [-0.05, 0) is 30.7 Å². The van der Waals surface area contributed by atoms with E-state index in [2.05, 4.69) is 28.5 Å². The quantitative estimate of drug-likeness (QED) is 0.898. The first-order chi connectivity index (χ1) is 8.33. The highest BCUT2D eigenvalue weighted by atomic mass is 32.1. The molecule has 0 unspecified atom stereocenters. The largest absolute Gasteiger partial charge is 0.369 e. The predicted molar refractivity (Wildman–Crippen MR) is 68.8 cm³/mol. The van der Waals surface area contributed by atoms with Gasteiger partial charge < -0.3 is 5.32 Å². The number of thiophene rings is 1. The maximum absolute atomic E-state index is 8.75. The van der Waals surface area contributed by atoms with E-state index in [1.165, 1.54) is 11.3 Å². The van der Waals surface area contributed by atoms with Crippen molar-refractivity contribution in [3.05, 3.63) is 29.1 Å². The van der Waals surface area contributed by atoms with E-state index in [9.17, 15) is 0 Å². The Kier molecular flexibility index (Phi) is 3.68. The van der Waals surface area contributed by atoms with Crippen LogP contribution in [0.4, 0.5) is 5.82 Å². The van der Waals surface area contributed by atoms with Crippen molar-refractivity contribution in [3.8, 4) is 16.6 Å². The van der Waals surface area contributed by atoms with Crippen LogP contribution in [0.3, 0.4) is 0 Å². The van der Waals surface area contributed by atoms with Crippen LogP contribution in [-0.2, 0) is 0 Å². The first-order valence-electron chi connectivity index (χ1n) is 5.41. The van der Waals surface area contributed by atoms with E-state index >= 15 is 0 Å². The summed E-state index contributed by atoms with van der Waals surface area (Å²) in [6.07, 6.45) is 1.06. The van der Waals surface area contributed by atoms with Crippen LogP contribution in [0.25, 0.3) is 10.6 Å². The molecule has 0 atom stereocenters. The summed E-state index contributed by atoms with van der Waals surface area (Å²) in [5.41, 5.74) is 0.804. The minimum Gasteiger partial charge on any atom is -0.369 e. The lowest BCUT2D eigenvalue weighted by Gasteiger charge is -2.02. The lowest BCUT2D eigenvalue weighted by Crippen LogP contribution is -2.02. The molecule has 0 aliphatic carbocycles. The fraction of sp³-hybridized carbons (Fsp3) is 0.250. The van der Waals surface area contributed by atoms with Crippen LogP contribution in [0.5, 0.6) is 0 Å². The van der Waals surface area contributed by atoms with Gasteiger partial charge in [0.1, 0.15) is 22.5 Å². The van der Waals surface area contributed by atoms with Gasteiger partial charge in [-0.15, -0.1) is 21.5 Å². The molecule has 86 valence electrons. The molecular formula is C12H12N4S. The Labute approximate surface area is 104 Å². The number of hydrogen-bond acceptors (Lipinski definition) is 5. The Hall–Kier alpha value is -1.93. The second kappa shape index (κ2) is 5.41. The SMILES string of the molecule is CCCNc1ccc(-c2ccc(C#N)s2)nn1. The summed E-state index contributed by atoms with van der Waals surface area (Å²) in [4.78, 5) is 1.66. The molecule has 0 radical (unpaired) electrons. The van der Waals surface area contributed by atoms with Crippen LogP contribution in [0.1, 0.15) is 18.2 Å². The molecule has 2 heterocycles. The highest BCUT2D eigenvalue weighted by Crippen LogP contribution is 2.25. The lowest BCUT2D eigenvalue weighted by molar-refractivity contribution is 0.946. The fourth-order valence-electron chi connectivity index (χ4n) is 1.35. The normalized spacial score (nSPS) is 9.88. The summed E-state index contributed by atoms with van der Waals surface area (Å²) in [6.45, 7) is 3.00. The second-order valence-corrected chi connectivity index (χ2v) is 4.59. The van der Waals surface area contributed by atoms with Crippen molar-refractivity contribution in [2.24, 2.45) is 0 Å². The van der Waals surface area contributed by atoms with Gasteiger partial charge in [0, 0.05) is 6.54 Å². The van der Waals surface area contributed by atoms with E-state index in [-0.39, 0.29) is 0 Å². The molecule has 0 saturated carbocycles. The first-order valence-corrected chi connectivity index (χ1v) is 6.23. The van der Waals surface area contributed by atoms with Gasteiger partial charge in [0.05, 0.1) is 4.88 Å². The van der Waals surface area contributed by atoms with E-state index in [1.807, 2.05) is 18.2 Å². The molecule has 0 amide bonds. The molecule has 0 aliphatic heterocycles. The minimum atomic E-state index is 0.690. The van der Waals surface area contributed by atoms with E-state index < -0.39 is 0 Å². The van der Waals surface area contributed by atoms with Gasteiger partial charge in [-0.1, -0.05) is 6.92 Å². The van der Waals surface area contributed by atoms with Gasteiger partial charge in [0.2, 0.25) is 0 Å². The molecule has 0 spiro atoms. The zero-order chi connectivity index (χ0) is 12.1. The lowest BCUT2D eigenvalue weighted by atomic mass is 10.3. The standard InChI is InChI=1S/C12H12N4S/c1-2-7-14-12-6-4-10(15-16-12)11-5-3-9(8-13)17-11/h3-6H,2,7H2,1H3,(H,14,16). The Morgan fingerprint density at radius 2 is 2.18 bits per heavy atom. The van der Waals surface area contributed by atoms with E-state index in [0.29, 0.717) is 4.88 Å². The summed E-state index contributed by atoms with van der Waals surface area (Å²) in [6, 6.07) is 9.63. The molecular weight excluding hydrogens is 232 g/mol. The van der Waals surface area contributed by atoms with Crippen molar-refractivity contribution < 1.29 is 0 Å². The smallest absolute Gasteiger partial charge is 0.148 e. The number of anilines is 1. The number of nitriles is 1. The van der Waals surface area contributed by atoms with E-state index in [1.54, 1.807) is 6.07 Å². The summed E-state index contributed by atoms with van der Waals surface area (Å²) in [5.74, 6) is 0.785. The maximum Gasteiger partial charge on any atom is 0.148 e. The monoisotopic (exact) mass is 244 g/mol. The van der Waals surface area contributed by atoms with Crippen molar-refractivity contribution in [2.45, 2.75) is 13.3 Å². The number of nitrogens with one attached hydrogen (secondary N) is 1. The first kappa shape index (κ1) is 11.6. The minimum absolute atomic E-state index is 0.690. The third-order valence-electron chi connectivity index (χ3n) is 2.19. The topological polar surface area (TPSA) is 61.6 Å². The molecule has 2 rings (SSSR count). The third kappa shape index (κ3) is 2.80. The average Bonchev–Trinajstić information content (AvgIpc) is 2.86. The van der Waals surface area contributed by atoms with Gasteiger partial charge >= 0.3 is 0 Å². The van der Waals surface area contributed by atoms with Gasteiger partial charge in [-0.2, -0.15) is 5.26 Å². The highest BCUT2D eigenvalue weighted by molar-refractivity contribution is 7.15. The Balaban J connectivity index is 2.15. The average molecular weight is 244 g/mol. The third-order valence-corrected chi connectivity index (χ3v) is 3.20. The van der Waals surface area contributed by atoms with Crippen molar-refractivity contribution in [1.29, 1.82) is 5.26 Å². The maximum atomic E-state index is 8.75. The highest BCUT2D eigenvalue weighted by Gasteiger charge is 2.04. The zero-order valence-corrected chi connectivity index (χ0v) is 10.3. The summed E-state index contributed by atoms with van der Waals surface area (Å²) >= 11 is 1.43. The van der Waals surface area contributed by atoms with Crippen LogP contribution in [0.15, 0.2) is 24.3 Å². The molecule has 5 heteroatoms. The van der Waals surface area contributed by atoms with Crippen molar-refractivity contribution >= 4 is 17.2 Å². The molecule has 0 saturated heterocycles. The van der Waals surface area contributed by atoms with Crippen molar-refractivity contribution in [3.63, 3.8) is 0 Å². The number of hydrogen-bond donors (Lipinski definition) is 1. The van der Waals surface area contributed by atoms with E-state index in [0.717, 1.165) is 29.4 Å². The number of nitrogens with zero attached hydrogens (tertiary/aromatic N) is 3. The Morgan fingerprint density at radius 3 is 2.76 bits per heavy atom. The number of aromatic nitrogens is 2. The second-order valence-electron chi connectivity index (χ2n) is 3.51. The Morgan fingerprint density at radius 1 is 1.29 bits per heavy atom. The molecule has 0 aromatic carbocycles. The van der Waals surface area contributed by atoms with Crippen LogP contribution < -0.4 is 5.32 Å². The predicted octanol–water partition coefficient (Wildman–Crippen LogP) is 2.90. The summed E-state index contributed by atoms with van der Waals surface area (Å²) < 4.78 is 0. The van der Waals surface area contributed by atoms with Crippen LogP contribution in [-0.4, -0.2) is 16.7 Å². The number of rotatable bonds is 4. The zero-order valence-electron chi connectivity index (χ0n) is 9.47. The Bertz CT molecular complexity index is 524. The van der Waals surface area contributed by atoms with Crippen LogP contribution in [0, 0.1) is 11.3 Å². The molecule has 1 N–H and O–H groups in total. The van der Waals surface area contributed by atoms with Crippen LogP contribution in [0.2, 0.25) is 0 Å². The van der Waals surface area contributed by atoms with Gasteiger partial charge in [-0.25, -0.2) is 0 Å². The molecule has 4 nitrogen and oxygen atoms in total. The molecule has 0 aliphatic rings. The van der Waals surface area contributed by atoms with Crippen molar-refractivity contribution in [1.82, 2.24) is 10.2 Å². The molecule has 2 aromatic heterocycles. The van der Waals surface area contributed by atoms with Crippen molar-refractivity contribution in [2.75, 3.05) is 11.9 Å². The molecule has 2 aromatic rings. The summed E-state index contributed by atoms with van der Waals surface area (Å²) in [7, 11) is 0. The fourth-order valence-corrected chi connectivity index (χ4v) is 2.11. The molecule has 0 bridgehead atoms. The summed E-state index contributed by atoms with van der Waals surface area (Å²) in [5, 5.41) is 20.1. The van der Waals surface area contributed by atoms with Gasteiger partial charge in [0.25, 0.3) is 0 Å². The van der Waals surface area contributed by atoms with Crippen LogP contribution >= 0.6 is 11.3 Å².